The molecule has 7 nitrogen and oxygen atoms in total. The Labute approximate surface area is 156 Å². The van der Waals surface area contributed by atoms with Crippen molar-refractivity contribution in [2.45, 2.75) is 0 Å². The Bertz CT molecular complexity index is 757. The fourth-order valence-electron chi connectivity index (χ4n) is 2.85. The standard InChI is InChI=1S/C18H21N3O4S/c1-19-7-9-20(10-8-19)16(22)12-21-17(23)15(26-18(21)24)11-13-5-3-4-6-14(13)25-2/h3-6,11H,7-10,12H2,1-2H3. The number of carbonyl (C=O) groups excluding carboxylic acids is 3. The van der Waals surface area contributed by atoms with Crippen LogP contribution in [-0.4, -0.2) is 78.6 Å². The van der Waals surface area contributed by atoms with Crippen LogP contribution in [0.4, 0.5) is 4.79 Å². The first-order valence-corrected chi connectivity index (χ1v) is 9.16. The number of likely N-dealkylation sites (N-methyl/N-ethyl adjacent to an activating group) is 1. The van der Waals surface area contributed by atoms with Gasteiger partial charge in [0.25, 0.3) is 11.1 Å². The fraction of sp³-hybridized carbons (Fsp3) is 0.389. The molecule has 2 heterocycles. The number of methoxy groups -OCH3 is 1. The van der Waals surface area contributed by atoms with Gasteiger partial charge in [-0.25, -0.2) is 0 Å². The summed E-state index contributed by atoms with van der Waals surface area (Å²) in [6, 6.07) is 7.25. The van der Waals surface area contributed by atoms with Crippen LogP contribution in [0.25, 0.3) is 6.08 Å². The highest BCUT2D eigenvalue weighted by Gasteiger charge is 2.37. The smallest absolute Gasteiger partial charge is 0.294 e. The van der Waals surface area contributed by atoms with E-state index in [1.807, 2.05) is 25.2 Å². The topological polar surface area (TPSA) is 70.2 Å². The fourth-order valence-corrected chi connectivity index (χ4v) is 3.68. The van der Waals surface area contributed by atoms with E-state index >= 15 is 0 Å². The Hall–Kier alpha value is -2.32. The molecule has 26 heavy (non-hydrogen) atoms. The van der Waals surface area contributed by atoms with Gasteiger partial charge in [-0.15, -0.1) is 0 Å². The minimum Gasteiger partial charge on any atom is -0.496 e. The zero-order chi connectivity index (χ0) is 18.7. The van der Waals surface area contributed by atoms with Gasteiger partial charge in [-0.1, -0.05) is 18.2 Å². The summed E-state index contributed by atoms with van der Waals surface area (Å²) in [7, 11) is 3.55. The maximum atomic E-state index is 12.6. The molecule has 1 aromatic carbocycles. The van der Waals surface area contributed by atoms with Gasteiger partial charge in [0.2, 0.25) is 5.91 Å². The van der Waals surface area contributed by atoms with E-state index in [0.717, 1.165) is 29.8 Å². The van der Waals surface area contributed by atoms with E-state index in [1.165, 1.54) is 0 Å². The molecule has 0 spiro atoms. The Morgan fingerprint density at radius 3 is 2.58 bits per heavy atom. The summed E-state index contributed by atoms with van der Waals surface area (Å²) in [5.74, 6) is -0.0138. The van der Waals surface area contributed by atoms with Gasteiger partial charge >= 0.3 is 0 Å². The number of benzene rings is 1. The van der Waals surface area contributed by atoms with Gasteiger partial charge in [0, 0.05) is 31.7 Å². The van der Waals surface area contributed by atoms with E-state index in [9.17, 15) is 14.4 Å². The van der Waals surface area contributed by atoms with Crippen LogP contribution in [0, 0.1) is 0 Å². The number of hydrogen-bond acceptors (Lipinski definition) is 6. The molecule has 138 valence electrons. The predicted octanol–water partition coefficient (Wildman–Crippen LogP) is 1.51. The van der Waals surface area contributed by atoms with Crippen molar-refractivity contribution < 1.29 is 19.1 Å². The van der Waals surface area contributed by atoms with Crippen molar-refractivity contribution in [3.8, 4) is 5.75 Å². The number of amides is 3. The second-order valence-corrected chi connectivity index (χ2v) is 7.19. The molecule has 0 saturated carbocycles. The van der Waals surface area contributed by atoms with Crippen molar-refractivity contribution in [1.29, 1.82) is 0 Å². The van der Waals surface area contributed by atoms with Gasteiger partial charge in [-0.2, -0.15) is 0 Å². The Morgan fingerprint density at radius 1 is 1.19 bits per heavy atom. The molecule has 0 aromatic heterocycles. The molecule has 0 bridgehead atoms. The SMILES string of the molecule is COc1ccccc1C=C1SC(=O)N(CC(=O)N2CCN(C)CC2)C1=O. The summed E-state index contributed by atoms with van der Waals surface area (Å²) >= 11 is 0.849. The van der Waals surface area contributed by atoms with Gasteiger partial charge in [0.15, 0.2) is 0 Å². The maximum Gasteiger partial charge on any atom is 0.294 e. The van der Waals surface area contributed by atoms with Gasteiger partial charge in [-0.05, 0) is 31.0 Å². The minimum absolute atomic E-state index is 0.195. The third-order valence-electron chi connectivity index (χ3n) is 4.45. The van der Waals surface area contributed by atoms with Crippen LogP contribution < -0.4 is 4.74 Å². The summed E-state index contributed by atoms with van der Waals surface area (Å²) in [4.78, 5) is 42.4. The van der Waals surface area contributed by atoms with Crippen LogP contribution in [0.2, 0.25) is 0 Å². The molecule has 0 aliphatic carbocycles. The van der Waals surface area contributed by atoms with Gasteiger partial charge in [-0.3, -0.25) is 19.3 Å². The van der Waals surface area contributed by atoms with E-state index in [0.29, 0.717) is 29.3 Å². The van der Waals surface area contributed by atoms with Gasteiger partial charge < -0.3 is 14.5 Å². The van der Waals surface area contributed by atoms with Crippen molar-refractivity contribution in [2.24, 2.45) is 0 Å². The summed E-state index contributed by atoms with van der Waals surface area (Å²) < 4.78 is 5.27. The maximum absolute atomic E-state index is 12.6. The summed E-state index contributed by atoms with van der Waals surface area (Å²) in [5, 5.41) is -0.418. The molecule has 2 saturated heterocycles. The number of para-hydroxylation sites is 1. The van der Waals surface area contributed by atoms with Crippen LogP contribution in [-0.2, 0) is 9.59 Å². The molecule has 0 N–H and O–H groups in total. The molecule has 3 amide bonds. The van der Waals surface area contributed by atoms with Crippen LogP contribution in [0.15, 0.2) is 29.2 Å². The van der Waals surface area contributed by atoms with Crippen molar-refractivity contribution in [1.82, 2.24) is 14.7 Å². The van der Waals surface area contributed by atoms with Crippen molar-refractivity contribution in [3.63, 3.8) is 0 Å². The highest BCUT2D eigenvalue weighted by Crippen LogP contribution is 2.33. The number of ether oxygens (including phenoxy) is 1. The number of hydrogen-bond donors (Lipinski definition) is 0. The molecule has 2 fully saturated rings. The molecule has 0 atom stereocenters. The largest absolute Gasteiger partial charge is 0.496 e. The number of rotatable bonds is 4. The van der Waals surface area contributed by atoms with E-state index in [2.05, 4.69) is 4.90 Å². The van der Waals surface area contributed by atoms with Crippen molar-refractivity contribution in [3.05, 3.63) is 34.7 Å². The second-order valence-electron chi connectivity index (χ2n) is 6.19. The number of imide groups is 1. The highest BCUT2D eigenvalue weighted by molar-refractivity contribution is 8.18. The third kappa shape index (κ3) is 3.91. The second kappa shape index (κ2) is 7.92. The summed E-state index contributed by atoms with van der Waals surface area (Å²) in [6.07, 6.45) is 1.63. The zero-order valence-electron chi connectivity index (χ0n) is 14.8. The van der Waals surface area contributed by atoms with Crippen LogP contribution >= 0.6 is 11.8 Å². The number of piperazine rings is 1. The lowest BCUT2D eigenvalue weighted by Crippen LogP contribution is -2.50. The third-order valence-corrected chi connectivity index (χ3v) is 5.36. The lowest BCUT2D eigenvalue weighted by molar-refractivity contribution is -0.137. The minimum atomic E-state index is -0.437. The average molecular weight is 375 g/mol. The number of nitrogens with zero attached hydrogens (tertiary/aromatic N) is 3. The van der Waals surface area contributed by atoms with E-state index in [4.69, 9.17) is 4.74 Å². The predicted molar refractivity (Wildman–Crippen MR) is 99.7 cm³/mol. The van der Waals surface area contributed by atoms with E-state index in [-0.39, 0.29) is 12.5 Å². The Kier molecular flexibility index (Phi) is 5.63. The first-order chi connectivity index (χ1) is 12.5. The van der Waals surface area contributed by atoms with Crippen molar-refractivity contribution in [2.75, 3.05) is 46.9 Å². The molecule has 2 aliphatic heterocycles. The molecule has 0 unspecified atom stereocenters. The highest BCUT2D eigenvalue weighted by atomic mass is 32.2. The molecule has 2 aliphatic rings. The monoisotopic (exact) mass is 375 g/mol. The lowest BCUT2D eigenvalue weighted by atomic mass is 10.2. The molecular weight excluding hydrogens is 354 g/mol. The Balaban J connectivity index is 1.71. The van der Waals surface area contributed by atoms with Crippen LogP contribution in [0.3, 0.4) is 0 Å². The Morgan fingerprint density at radius 2 is 1.88 bits per heavy atom. The first kappa shape index (κ1) is 18.5. The molecule has 1 aromatic rings. The summed E-state index contributed by atoms with van der Waals surface area (Å²) in [5.41, 5.74) is 0.714. The van der Waals surface area contributed by atoms with E-state index in [1.54, 1.807) is 24.2 Å². The molecule has 3 rings (SSSR count). The lowest BCUT2D eigenvalue weighted by Gasteiger charge is -2.33. The zero-order valence-corrected chi connectivity index (χ0v) is 15.6. The normalized spacial score (nSPS) is 20.2. The van der Waals surface area contributed by atoms with E-state index < -0.39 is 11.1 Å². The van der Waals surface area contributed by atoms with Gasteiger partial charge in [0.1, 0.15) is 12.3 Å². The summed E-state index contributed by atoms with van der Waals surface area (Å²) in [6.45, 7) is 2.60. The molecular formula is C18H21N3O4S. The molecule has 8 heteroatoms. The van der Waals surface area contributed by atoms with Crippen LogP contribution in [0.1, 0.15) is 5.56 Å². The quantitative estimate of drug-likeness (QED) is 0.743. The molecule has 0 radical (unpaired) electrons. The number of carbonyl (C=O) groups is 3. The van der Waals surface area contributed by atoms with Crippen molar-refractivity contribution >= 4 is 34.9 Å². The van der Waals surface area contributed by atoms with Crippen LogP contribution in [0.5, 0.6) is 5.75 Å². The van der Waals surface area contributed by atoms with Gasteiger partial charge in [0.05, 0.1) is 12.0 Å². The number of thioether (sulfide) groups is 1. The first-order valence-electron chi connectivity index (χ1n) is 8.34. The average Bonchev–Trinajstić information content (AvgIpc) is 2.90.